The summed E-state index contributed by atoms with van der Waals surface area (Å²) in [5.41, 5.74) is 1.78. The number of benzene rings is 2. The summed E-state index contributed by atoms with van der Waals surface area (Å²) in [6, 6.07) is 13.8. The largest absolute Gasteiger partial charge is 0.492 e. The number of aromatic nitrogens is 2. The third-order valence-corrected chi connectivity index (χ3v) is 5.98. The second-order valence-electron chi connectivity index (χ2n) is 6.23. The number of ether oxygens (including phenoxy) is 1. The SMILES string of the molecule is CCOc1ccccc1NC(=O)CS(=O)(=O)c1ncc(-c2ccc(Cl)cc2)n1C. The van der Waals surface area contributed by atoms with Crippen molar-refractivity contribution in [1.29, 1.82) is 0 Å². The van der Waals surface area contributed by atoms with E-state index in [1.54, 1.807) is 55.6 Å². The Bertz CT molecular complexity index is 1120. The smallest absolute Gasteiger partial charge is 0.240 e. The molecule has 0 spiro atoms. The van der Waals surface area contributed by atoms with Gasteiger partial charge in [0.2, 0.25) is 20.9 Å². The van der Waals surface area contributed by atoms with Crippen LogP contribution in [0.4, 0.5) is 5.69 Å². The number of hydrogen-bond acceptors (Lipinski definition) is 5. The maximum atomic E-state index is 12.8. The van der Waals surface area contributed by atoms with Gasteiger partial charge in [-0.15, -0.1) is 0 Å². The van der Waals surface area contributed by atoms with E-state index in [0.717, 1.165) is 5.56 Å². The molecule has 0 unspecified atom stereocenters. The molecule has 152 valence electrons. The zero-order valence-electron chi connectivity index (χ0n) is 15.9. The van der Waals surface area contributed by atoms with Gasteiger partial charge in [-0.3, -0.25) is 4.79 Å². The molecule has 0 fully saturated rings. The van der Waals surface area contributed by atoms with E-state index in [0.29, 0.717) is 28.8 Å². The maximum absolute atomic E-state index is 12.8. The van der Waals surface area contributed by atoms with Gasteiger partial charge in [-0.05, 0) is 36.8 Å². The molecule has 0 saturated heterocycles. The Labute approximate surface area is 174 Å². The van der Waals surface area contributed by atoms with Crippen LogP contribution in [-0.4, -0.2) is 36.2 Å². The van der Waals surface area contributed by atoms with Crippen molar-refractivity contribution in [3.63, 3.8) is 0 Å². The highest BCUT2D eigenvalue weighted by molar-refractivity contribution is 7.92. The molecule has 1 heterocycles. The highest BCUT2D eigenvalue weighted by Crippen LogP contribution is 2.25. The Morgan fingerprint density at radius 3 is 2.55 bits per heavy atom. The molecule has 3 rings (SSSR count). The lowest BCUT2D eigenvalue weighted by molar-refractivity contribution is -0.113. The minimum Gasteiger partial charge on any atom is -0.492 e. The Balaban J connectivity index is 1.80. The molecule has 1 amide bonds. The van der Waals surface area contributed by atoms with Crippen molar-refractivity contribution in [3.05, 3.63) is 59.8 Å². The summed E-state index contributed by atoms with van der Waals surface area (Å²) in [5.74, 6) is -0.936. The average Bonchev–Trinajstić information content (AvgIpc) is 3.06. The normalized spacial score (nSPS) is 11.3. The molecule has 0 aliphatic heterocycles. The Morgan fingerprint density at radius 1 is 1.17 bits per heavy atom. The van der Waals surface area contributed by atoms with Gasteiger partial charge in [0.05, 0.1) is 24.2 Å². The molecular formula is C20H20ClN3O4S. The molecule has 0 aliphatic carbocycles. The molecule has 0 saturated carbocycles. The van der Waals surface area contributed by atoms with Crippen LogP contribution in [0.3, 0.4) is 0 Å². The zero-order valence-corrected chi connectivity index (χ0v) is 17.5. The molecule has 7 nitrogen and oxygen atoms in total. The quantitative estimate of drug-likeness (QED) is 0.615. The second kappa shape index (κ2) is 8.67. The van der Waals surface area contributed by atoms with Gasteiger partial charge in [0.25, 0.3) is 0 Å². The van der Waals surface area contributed by atoms with Gasteiger partial charge in [-0.25, -0.2) is 13.4 Å². The lowest BCUT2D eigenvalue weighted by Gasteiger charge is -2.11. The summed E-state index contributed by atoms with van der Waals surface area (Å²) in [6.45, 7) is 2.24. The van der Waals surface area contributed by atoms with E-state index in [1.807, 2.05) is 6.92 Å². The van der Waals surface area contributed by atoms with Crippen molar-refractivity contribution >= 4 is 33.0 Å². The minimum atomic E-state index is -3.96. The number of anilines is 1. The van der Waals surface area contributed by atoms with Crippen LogP contribution in [0.15, 0.2) is 59.9 Å². The predicted molar refractivity (Wildman–Crippen MR) is 112 cm³/mol. The molecule has 9 heteroatoms. The second-order valence-corrected chi connectivity index (χ2v) is 8.55. The van der Waals surface area contributed by atoms with Crippen molar-refractivity contribution in [2.45, 2.75) is 12.1 Å². The number of nitrogens with zero attached hydrogens (tertiary/aromatic N) is 2. The number of amides is 1. The van der Waals surface area contributed by atoms with E-state index < -0.39 is 21.5 Å². The molecule has 0 bridgehead atoms. The highest BCUT2D eigenvalue weighted by Gasteiger charge is 2.26. The number of carbonyl (C=O) groups is 1. The molecule has 0 atom stereocenters. The Morgan fingerprint density at radius 2 is 1.86 bits per heavy atom. The summed E-state index contributed by atoms with van der Waals surface area (Å²) in [4.78, 5) is 16.4. The summed E-state index contributed by atoms with van der Waals surface area (Å²) >= 11 is 5.90. The number of carbonyl (C=O) groups excluding carboxylic acids is 1. The van der Waals surface area contributed by atoms with Crippen LogP contribution in [0.25, 0.3) is 11.3 Å². The van der Waals surface area contributed by atoms with Gasteiger partial charge >= 0.3 is 0 Å². The van der Waals surface area contributed by atoms with E-state index >= 15 is 0 Å². The van der Waals surface area contributed by atoms with Gasteiger partial charge < -0.3 is 14.6 Å². The fraction of sp³-hybridized carbons (Fsp3) is 0.200. The first-order chi connectivity index (χ1) is 13.8. The van der Waals surface area contributed by atoms with Crippen LogP contribution >= 0.6 is 11.6 Å². The lowest BCUT2D eigenvalue weighted by atomic mass is 10.2. The minimum absolute atomic E-state index is 0.185. The number of hydrogen-bond donors (Lipinski definition) is 1. The Hall–Kier alpha value is -2.84. The predicted octanol–water partition coefficient (Wildman–Crippen LogP) is 3.55. The van der Waals surface area contributed by atoms with E-state index in [2.05, 4.69) is 10.3 Å². The molecule has 3 aromatic rings. The van der Waals surface area contributed by atoms with E-state index in [1.165, 1.54) is 10.8 Å². The number of para-hydroxylation sites is 2. The van der Waals surface area contributed by atoms with Crippen molar-refractivity contribution in [2.24, 2.45) is 7.05 Å². The van der Waals surface area contributed by atoms with E-state index in [4.69, 9.17) is 16.3 Å². The van der Waals surface area contributed by atoms with Gasteiger partial charge in [-0.1, -0.05) is 35.9 Å². The fourth-order valence-corrected chi connectivity index (χ4v) is 4.25. The molecular weight excluding hydrogens is 414 g/mol. The van der Waals surface area contributed by atoms with Gasteiger partial charge in [0.15, 0.2) is 0 Å². The summed E-state index contributed by atoms with van der Waals surface area (Å²) in [7, 11) is -2.37. The highest BCUT2D eigenvalue weighted by atomic mass is 35.5. The van der Waals surface area contributed by atoms with Crippen LogP contribution in [0.5, 0.6) is 5.75 Å². The summed E-state index contributed by atoms with van der Waals surface area (Å²) in [6.07, 6.45) is 1.46. The van der Waals surface area contributed by atoms with Crippen molar-refractivity contribution < 1.29 is 17.9 Å². The first-order valence-corrected chi connectivity index (χ1v) is 10.9. The van der Waals surface area contributed by atoms with Gasteiger partial charge in [-0.2, -0.15) is 0 Å². The third kappa shape index (κ3) is 4.78. The maximum Gasteiger partial charge on any atom is 0.240 e. The molecule has 2 aromatic carbocycles. The van der Waals surface area contributed by atoms with E-state index in [-0.39, 0.29) is 5.16 Å². The van der Waals surface area contributed by atoms with Crippen LogP contribution in [-0.2, 0) is 21.7 Å². The van der Waals surface area contributed by atoms with Gasteiger partial charge in [0, 0.05) is 12.1 Å². The monoisotopic (exact) mass is 433 g/mol. The van der Waals surface area contributed by atoms with Crippen LogP contribution in [0, 0.1) is 0 Å². The number of rotatable bonds is 7. The number of sulfone groups is 1. The number of imidazole rings is 1. The fourth-order valence-electron chi connectivity index (χ4n) is 2.85. The topological polar surface area (TPSA) is 90.3 Å². The molecule has 1 aromatic heterocycles. The lowest BCUT2D eigenvalue weighted by Crippen LogP contribution is -2.25. The number of halogens is 1. The van der Waals surface area contributed by atoms with Crippen LogP contribution < -0.4 is 10.1 Å². The average molecular weight is 434 g/mol. The van der Waals surface area contributed by atoms with Crippen molar-refractivity contribution in [3.8, 4) is 17.0 Å². The first kappa shape index (κ1) is 20.9. The standard InChI is InChI=1S/C20H20ClN3O4S/c1-3-28-18-7-5-4-6-16(18)23-19(25)13-29(26,27)20-22-12-17(24(20)2)14-8-10-15(21)11-9-14/h4-12H,3,13H2,1-2H3,(H,23,25). The molecule has 0 aliphatic rings. The van der Waals surface area contributed by atoms with E-state index in [9.17, 15) is 13.2 Å². The van der Waals surface area contributed by atoms with Crippen LogP contribution in [0.1, 0.15) is 6.92 Å². The third-order valence-electron chi connectivity index (χ3n) is 4.15. The molecule has 1 N–H and O–H groups in total. The molecule has 0 radical (unpaired) electrons. The summed E-state index contributed by atoms with van der Waals surface area (Å²) < 4.78 is 32.4. The first-order valence-electron chi connectivity index (χ1n) is 8.84. The van der Waals surface area contributed by atoms with Crippen molar-refractivity contribution in [1.82, 2.24) is 9.55 Å². The summed E-state index contributed by atoms with van der Waals surface area (Å²) in [5, 5.41) is 2.98. The van der Waals surface area contributed by atoms with Gasteiger partial charge in [0.1, 0.15) is 11.5 Å². The van der Waals surface area contributed by atoms with Crippen molar-refractivity contribution in [2.75, 3.05) is 17.7 Å². The molecule has 29 heavy (non-hydrogen) atoms. The Kier molecular flexibility index (Phi) is 6.24. The number of nitrogens with one attached hydrogen (secondary N) is 1. The van der Waals surface area contributed by atoms with Crippen LogP contribution in [0.2, 0.25) is 5.02 Å². The zero-order chi connectivity index (χ0) is 21.0.